The second-order valence-electron chi connectivity index (χ2n) is 11.7. The monoisotopic (exact) mass is 664 g/mol. The molecule has 5 rings (SSSR count). The number of aromatic nitrogens is 1. The molecule has 0 aliphatic carbocycles. The molecule has 2 amide bonds. The minimum atomic E-state index is -4.03. The van der Waals surface area contributed by atoms with E-state index in [1.165, 1.54) is 33.5 Å². The van der Waals surface area contributed by atoms with Crippen molar-refractivity contribution in [2.24, 2.45) is 5.92 Å². The normalized spacial score (nSPS) is 16.5. The van der Waals surface area contributed by atoms with E-state index in [1.807, 2.05) is 44.2 Å². The fraction of sp³-hybridized carbons (Fsp3) is 0.333. The minimum Gasteiger partial charge on any atom is -0.434 e. The summed E-state index contributed by atoms with van der Waals surface area (Å²) in [5.41, 5.74) is 3.99. The SMILES string of the molecule is CC(=O)c1cccc(N2C[C@@H](C(=O)NC(Cc3ccccc3)[C@H](O)CN(CC(C)C)S(=O)(=O)c3ccc4ncsc4c3)OC2=O)c1. The summed E-state index contributed by atoms with van der Waals surface area (Å²) in [6.07, 6.45) is -3.06. The van der Waals surface area contributed by atoms with Gasteiger partial charge in [0.05, 0.1) is 39.3 Å². The van der Waals surface area contributed by atoms with Gasteiger partial charge in [-0.15, -0.1) is 11.3 Å². The van der Waals surface area contributed by atoms with Gasteiger partial charge < -0.3 is 15.2 Å². The molecular formula is C33H36N4O7S2. The molecule has 1 saturated heterocycles. The number of carbonyl (C=O) groups excluding carboxylic acids is 3. The number of sulfonamides is 1. The number of benzene rings is 3. The van der Waals surface area contributed by atoms with Crippen molar-refractivity contribution in [1.29, 1.82) is 0 Å². The van der Waals surface area contributed by atoms with Crippen molar-refractivity contribution in [1.82, 2.24) is 14.6 Å². The zero-order valence-corrected chi connectivity index (χ0v) is 27.3. The molecule has 2 N–H and O–H groups in total. The van der Waals surface area contributed by atoms with Crippen LogP contribution in [0.1, 0.15) is 36.7 Å². The Labute approximate surface area is 271 Å². The third-order valence-corrected chi connectivity index (χ3v) is 10.3. The number of hydrogen-bond acceptors (Lipinski definition) is 9. The quantitative estimate of drug-likeness (QED) is 0.202. The second kappa shape index (κ2) is 14.1. The molecular weight excluding hydrogens is 629 g/mol. The van der Waals surface area contributed by atoms with Gasteiger partial charge in [-0.25, -0.2) is 18.2 Å². The lowest BCUT2D eigenvalue weighted by Crippen LogP contribution is -2.53. The number of anilines is 1. The molecule has 2 heterocycles. The average molecular weight is 665 g/mol. The molecule has 4 aromatic rings. The van der Waals surface area contributed by atoms with Gasteiger partial charge in [-0.2, -0.15) is 4.31 Å². The molecule has 1 unspecified atom stereocenters. The number of hydrogen-bond donors (Lipinski definition) is 2. The number of aliphatic hydroxyl groups is 1. The Bertz CT molecular complexity index is 1830. The predicted octanol–water partition coefficient (Wildman–Crippen LogP) is 4.26. The zero-order chi connectivity index (χ0) is 33.0. The van der Waals surface area contributed by atoms with E-state index in [-0.39, 0.29) is 42.7 Å². The van der Waals surface area contributed by atoms with E-state index in [0.29, 0.717) is 16.8 Å². The van der Waals surface area contributed by atoms with E-state index in [1.54, 1.807) is 41.9 Å². The second-order valence-corrected chi connectivity index (χ2v) is 14.5. The fourth-order valence-corrected chi connectivity index (χ4v) is 7.73. The number of aliphatic hydroxyl groups excluding tert-OH is 1. The van der Waals surface area contributed by atoms with E-state index in [9.17, 15) is 27.9 Å². The lowest BCUT2D eigenvalue weighted by molar-refractivity contribution is -0.129. The molecule has 46 heavy (non-hydrogen) atoms. The smallest absolute Gasteiger partial charge is 0.415 e. The molecule has 13 heteroatoms. The zero-order valence-electron chi connectivity index (χ0n) is 25.7. The van der Waals surface area contributed by atoms with Gasteiger partial charge in [-0.1, -0.05) is 56.3 Å². The van der Waals surface area contributed by atoms with Crippen LogP contribution in [0.25, 0.3) is 10.2 Å². The Morgan fingerprint density at radius 2 is 1.85 bits per heavy atom. The highest BCUT2D eigenvalue weighted by Crippen LogP contribution is 2.26. The van der Waals surface area contributed by atoms with E-state index < -0.39 is 40.3 Å². The van der Waals surface area contributed by atoms with Crippen molar-refractivity contribution in [3.8, 4) is 0 Å². The van der Waals surface area contributed by atoms with Crippen LogP contribution >= 0.6 is 11.3 Å². The predicted molar refractivity (Wildman–Crippen MR) is 175 cm³/mol. The van der Waals surface area contributed by atoms with Gasteiger partial charge in [0.25, 0.3) is 5.91 Å². The number of nitrogens with one attached hydrogen (secondary N) is 1. The van der Waals surface area contributed by atoms with Crippen LogP contribution in [0.15, 0.2) is 83.2 Å². The highest BCUT2D eigenvalue weighted by Gasteiger charge is 2.39. The Morgan fingerprint density at radius 1 is 1.09 bits per heavy atom. The highest BCUT2D eigenvalue weighted by molar-refractivity contribution is 7.89. The summed E-state index contributed by atoms with van der Waals surface area (Å²) in [6, 6.07) is 19.5. The molecule has 1 fully saturated rings. The summed E-state index contributed by atoms with van der Waals surface area (Å²) >= 11 is 1.34. The van der Waals surface area contributed by atoms with Gasteiger partial charge in [-0.05, 0) is 55.2 Å². The molecule has 3 atom stereocenters. The topological polar surface area (TPSA) is 146 Å². The molecule has 1 aromatic heterocycles. The molecule has 1 aliphatic rings. The Balaban J connectivity index is 1.36. The number of nitrogens with zero attached hydrogens (tertiary/aromatic N) is 3. The van der Waals surface area contributed by atoms with Crippen LogP contribution in [0.5, 0.6) is 0 Å². The van der Waals surface area contributed by atoms with Gasteiger partial charge in [-0.3, -0.25) is 14.5 Å². The van der Waals surface area contributed by atoms with Gasteiger partial charge in [0.15, 0.2) is 11.9 Å². The highest BCUT2D eigenvalue weighted by atomic mass is 32.2. The van der Waals surface area contributed by atoms with Crippen LogP contribution in [0.2, 0.25) is 0 Å². The van der Waals surface area contributed by atoms with E-state index >= 15 is 0 Å². The summed E-state index contributed by atoms with van der Waals surface area (Å²) in [5, 5.41) is 14.4. The van der Waals surface area contributed by atoms with Crippen molar-refractivity contribution in [2.45, 2.75) is 50.3 Å². The number of rotatable bonds is 13. The van der Waals surface area contributed by atoms with E-state index in [0.717, 1.165) is 10.3 Å². The number of fused-ring (bicyclic) bond motifs is 1. The number of Topliss-reactive ketones (excluding diaryl/α,β-unsaturated/α-hetero) is 1. The maximum Gasteiger partial charge on any atom is 0.415 e. The average Bonchev–Trinajstić information content (AvgIpc) is 3.67. The number of ether oxygens (including phenoxy) is 1. The number of ketones is 1. The van der Waals surface area contributed by atoms with Gasteiger partial charge >= 0.3 is 6.09 Å². The summed E-state index contributed by atoms with van der Waals surface area (Å²) in [4.78, 5) is 43.7. The first-order valence-corrected chi connectivity index (χ1v) is 17.2. The number of amides is 2. The first-order chi connectivity index (χ1) is 21.9. The van der Waals surface area contributed by atoms with Gasteiger partial charge in [0.2, 0.25) is 10.0 Å². The van der Waals surface area contributed by atoms with Crippen LogP contribution < -0.4 is 10.2 Å². The summed E-state index contributed by atoms with van der Waals surface area (Å²) in [5.74, 6) is -0.854. The first-order valence-electron chi connectivity index (χ1n) is 14.9. The van der Waals surface area contributed by atoms with Crippen molar-refractivity contribution < 1.29 is 32.6 Å². The summed E-state index contributed by atoms with van der Waals surface area (Å²) in [7, 11) is -4.03. The van der Waals surface area contributed by atoms with Crippen molar-refractivity contribution in [3.05, 3.63) is 89.4 Å². The van der Waals surface area contributed by atoms with Gasteiger partial charge in [0, 0.05) is 24.3 Å². The van der Waals surface area contributed by atoms with Crippen molar-refractivity contribution in [3.63, 3.8) is 0 Å². The molecule has 0 radical (unpaired) electrons. The van der Waals surface area contributed by atoms with Crippen LogP contribution in [-0.2, 0) is 26.0 Å². The molecule has 3 aromatic carbocycles. The van der Waals surface area contributed by atoms with E-state index in [4.69, 9.17) is 4.74 Å². The van der Waals surface area contributed by atoms with E-state index in [2.05, 4.69) is 10.3 Å². The molecule has 11 nitrogen and oxygen atoms in total. The summed E-state index contributed by atoms with van der Waals surface area (Å²) < 4.78 is 35.1. The van der Waals surface area contributed by atoms with Gasteiger partial charge in [0.1, 0.15) is 0 Å². The molecule has 0 bridgehead atoms. The lowest BCUT2D eigenvalue weighted by atomic mass is 10.0. The summed E-state index contributed by atoms with van der Waals surface area (Å²) in [6.45, 7) is 4.94. The molecule has 242 valence electrons. The Kier molecular flexibility index (Phi) is 10.2. The van der Waals surface area contributed by atoms with Crippen LogP contribution in [-0.4, -0.2) is 78.5 Å². The molecule has 0 spiro atoms. The maximum atomic E-state index is 13.9. The molecule has 0 saturated carbocycles. The third-order valence-electron chi connectivity index (χ3n) is 7.66. The largest absolute Gasteiger partial charge is 0.434 e. The number of thiazole rings is 1. The van der Waals surface area contributed by atoms with Crippen molar-refractivity contribution >= 4 is 55.0 Å². The number of carbonyl (C=O) groups is 3. The standard InChI is InChI=1S/C33H36N4O7S2/c1-21(2)17-36(46(42,43)26-12-13-27-31(16-26)45-20-34-27)18-29(39)28(14-23-8-5-4-6-9-23)35-32(40)30-19-37(33(41)44-30)25-11-7-10-24(15-25)22(3)38/h4-13,15-16,20-21,28-30,39H,14,17-19H2,1-3H3,(H,35,40)/t28?,29-,30+/m1/s1. The van der Waals surface area contributed by atoms with Crippen LogP contribution in [0.4, 0.5) is 10.5 Å². The lowest BCUT2D eigenvalue weighted by Gasteiger charge is -2.31. The third kappa shape index (κ3) is 7.61. The van der Waals surface area contributed by atoms with Crippen molar-refractivity contribution in [2.75, 3.05) is 24.5 Å². The Hall–Kier alpha value is -4.17. The molecule has 1 aliphatic heterocycles. The van der Waals surface area contributed by atoms with Crippen LogP contribution in [0, 0.1) is 5.92 Å². The van der Waals surface area contributed by atoms with Crippen LogP contribution in [0.3, 0.4) is 0 Å². The Morgan fingerprint density at radius 3 is 2.57 bits per heavy atom. The first kappa shape index (κ1) is 33.2. The number of cyclic esters (lactones) is 1. The maximum absolute atomic E-state index is 13.9. The fourth-order valence-electron chi connectivity index (χ4n) is 5.29. The minimum absolute atomic E-state index is 0.0540.